The molecule has 0 atom stereocenters. The Balaban J connectivity index is 2.59. The predicted molar refractivity (Wildman–Crippen MR) is 75.0 cm³/mol. The quantitative estimate of drug-likeness (QED) is 0.620. The van der Waals surface area contributed by atoms with E-state index in [1.54, 1.807) is 0 Å². The van der Waals surface area contributed by atoms with E-state index in [2.05, 4.69) is 49.3 Å². The third-order valence-electron chi connectivity index (χ3n) is 2.03. The molecule has 0 aliphatic heterocycles. The zero-order valence-electron chi connectivity index (χ0n) is 10.1. The highest BCUT2D eigenvalue weighted by atomic mass is 32.1. The molecule has 0 spiro atoms. The number of aryl methyl sites for hydroxylation is 2. The fourth-order valence-corrected chi connectivity index (χ4v) is 1.64. The Labute approximate surface area is 103 Å². The van der Waals surface area contributed by atoms with E-state index in [0.717, 1.165) is 11.3 Å². The molecule has 0 bridgehead atoms. The molecule has 0 amide bonds. The predicted octanol–water partition coefficient (Wildman–Crippen LogP) is 3.17. The van der Waals surface area contributed by atoms with Gasteiger partial charge in [-0.2, -0.15) is 0 Å². The summed E-state index contributed by atoms with van der Waals surface area (Å²) in [6.45, 7) is 10.6. The molecule has 1 rings (SSSR count). The molecule has 0 aromatic heterocycles. The van der Waals surface area contributed by atoms with Crippen molar-refractivity contribution in [1.82, 2.24) is 5.32 Å². The molecule has 0 fully saturated rings. The molecule has 0 radical (unpaired) electrons. The van der Waals surface area contributed by atoms with Crippen molar-refractivity contribution in [2.45, 2.75) is 20.8 Å². The van der Waals surface area contributed by atoms with Crippen LogP contribution in [0, 0.1) is 13.8 Å². The molecule has 1 aromatic carbocycles. The van der Waals surface area contributed by atoms with Crippen molar-refractivity contribution in [3.63, 3.8) is 0 Å². The molecule has 2 nitrogen and oxygen atoms in total. The van der Waals surface area contributed by atoms with Crippen LogP contribution in [0.3, 0.4) is 0 Å². The first kappa shape index (κ1) is 12.7. The molecule has 0 aliphatic carbocycles. The summed E-state index contributed by atoms with van der Waals surface area (Å²) in [6.07, 6.45) is 0. The van der Waals surface area contributed by atoms with Gasteiger partial charge in [0.05, 0.1) is 0 Å². The summed E-state index contributed by atoms with van der Waals surface area (Å²) >= 11 is 5.18. The maximum absolute atomic E-state index is 5.18. The Morgan fingerprint density at radius 2 is 1.81 bits per heavy atom. The van der Waals surface area contributed by atoms with Gasteiger partial charge in [-0.25, -0.2) is 0 Å². The molecule has 16 heavy (non-hydrogen) atoms. The van der Waals surface area contributed by atoms with Gasteiger partial charge in [-0.3, -0.25) is 0 Å². The number of thiocarbonyl (C=S) groups is 1. The van der Waals surface area contributed by atoms with Crippen LogP contribution in [0.2, 0.25) is 0 Å². The largest absolute Gasteiger partial charge is 0.359 e. The molecule has 3 heteroatoms. The van der Waals surface area contributed by atoms with Crippen LogP contribution in [0.4, 0.5) is 5.69 Å². The lowest BCUT2D eigenvalue weighted by atomic mass is 10.1. The molecule has 0 saturated carbocycles. The number of rotatable bonds is 3. The van der Waals surface area contributed by atoms with Gasteiger partial charge in [0.1, 0.15) is 0 Å². The van der Waals surface area contributed by atoms with Crippen LogP contribution in [0.15, 0.2) is 30.4 Å². The minimum atomic E-state index is 0.632. The van der Waals surface area contributed by atoms with Crippen molar-refractivity contribution in [2.24, 2.45) is 0 Å². The maximum atomic E-state index is 5.18. The van der Waals surface area contributed by atoms with E-state index in [-0.39, 0.29) is 0 Å². The molecule has 2 N–H and O–H groups in total. The first-order valence-electron chi connectivity index (χ1n) is 5.25. The van der Waals surface area contributed by atoms with Gasteiger partial charge in [0.15, 0.2) is 5.11 Å². The Hall–Kier alpha value is -1.35. The van der Waals surface area contributed by atoms with Crippen molar-refractivity contribution in [2.75, 3.05) is 11.9 Å². The van der Waals surface area contributed by atoms with Crippen LogP contribution in [-0.4, -0.2) is 11.7 Å². The first-order chi connectivity index (χ1) is 7.47. The topological polar surface area (TPSA) is 24.1 Å². The summed E-state index contributed by atoms with van der Waals surface area (Å²) in [5.41, 5.74) is 4.54. The zero-order chi connectivity index (χ0) is 12.1. The highest BCUT2D eigenvalue weighted by Crippen LogP contribution is 2.13. The van der Waals surface area contributed by atoms with Crippen molar-refractivity contribution in [1.29, 1.82) is 0 Å². The smallest absolute Gasteiger partial charge is 0.171 e. The minimum Gasteiger partial charge on any atom is -0.359 e. The SMILES string of the molecule is C=C(C)CNC(=S)Nc1cc(C)cc(C)c1. The monoisotopic (exact) mass is 234 g/mol. The number of hydrogen-bond acceptors (Lipinski definition) is 1. The van der Waals surface area contributed by atoms with Crippen LogP contribution < -0.4 is 10.6 Å². The molecule has 0 unspecified atom stereocenters. The first-order valence-corrected chi connectivity index (χ1v) is 5.66. The van der Waals surface area contributed by atoms with Gasteiger partial charge < -0.3 is 10.6 Å². The van der Waals surface area contributed by atoms with E-state index in [9.17, 15) is 0 Å². The van der Waals surface area contributed by atoms with Gasteiger partial charge in [-0.1, -0.05) is 18.2 Å². The van der Waals surface area contributed by atoms with Crippen LogP contribution >= 0.6 is 12.2 Å². The maximum Gasteiger partial charge on any atom is 0.171 e. The Kier molecular flexibility index (Phi) is 4.50. The molecule has 0 aliphatic rings. The van der Waals surface area contributed by atoms with Crippen LogP contribution in [0.1, 0.15) is 18.1 Å². The lowest BCUT2D eigenvalue weighted by Gasteiger charge is -2.11. The average Bonchev–Trinajstić information content (AvgIpc) is 2.12. The summed E-state index contributed by atoms with van der Waals surface area (Å²) in [6, 6.07) is 6.28. The summed E-state index contributed by atoms with van der Waals surface area (Å²) in [4.78, 5) is 0. The van der Waals surface area contributed by atoms with E-state index in [1.165, 1.54) is 11.1 Å². The molecular formula is C13H18N2S. The van der Waals surface area contributed by atoms with Crippen molar-refractivity contribution in [3.8, 4) is 0 Å². The van der Waals surface area contributed by atoms with Gasteiger partial charge in [-0.05, 0) is 56.2 Å². The van der Waals surface area contributed by atoms with Crippen LogP contribution in [0.5, 0.6) is 0 Å². The number of hydrogen-bond donors (Lipinski definition) is 2. The molecule has 0 heterocycles. The lowest BCUT2D eigenvalue weighted by Crippen LogP contribution is -2.29. The minimum absolute atomic E-state index is 0.632. The van der Waals surface area contributed by atoms with E-state index in [4.69, 9.17) is 12.2 Å². The van der Waals surface area contributed by atoms with Gasteiger partial charge in [0.25, 0.3) is 0 Å². The van der Waals surface area contributed by atoms with Crippen LogP contribution in [-0.2, 0) is 0 Å². The summed E-state index contributed by atoms with van der Waals surface area (Å²) < 4.78 is 0. The van der Waals surface area contributed by atoms with Gasteiger partial charge >= 0.3 is 0 Å². The number of anilines is 1. The normalized spacial score (nSPS) is 9.69. The standard InChI is InChI=1S/C13H18N2S/c1-9(2)8-14-13(16)15-12-6-10(3)5-11(4)7-12/h5-7H,1,8H2,2-4H3,(H2,14,15,16). The van der Waals surface area contributed by atoms with E-state index in [1.807, 2.05) is 6.92 Å². The second kappa shape index (κ2) is 5.66. The second-order valence-electron chi connectivity index (χ2n) is 4.14. The highest BCUT2D eigenvalue weighted by Gasteiger charge is 1.98. The molecular weight excluding hydrogens is 216 g/mol. The fourth-order valence-electron chi connectivity index (χ4n) is 1.45. The Morgan fingerprint density at radius 3 is 2.31 bits per heavy atom. The highest BCUT2D eigenvalue weighted by molar-refractivity contribution is 7.80. The van der Waals surface area contributed by atoms with Crippen molar-refractivity contribution >= 4 is 23.0 Å². The second-order valence-corrected chi connectivity index (χ2v) is 4.55. The van der Waals surface area contributed by atoms with Crippen LogP contribution in [0.25, 0.3) is 0 Å². The van der Waals surface area contributed by atoms with E-state index < -0.39 is 0 Å². The Bertz CT molecular complexity index is 390. The fraction of sp³-hybridized carbons (Fsp3) is 0.308. The molecule has 86 valence electrons. The van der Waals surface area contributed by atoms with E-state index >= 15 is 0 Å². The lowest BCUT2D eigenvalue weighted by molar-refractivity contribution is 1.000. The van der Waals surface area contributed by atoms with Gasteiger partial charge in [0, 0.05) is 12.2 Å². The van der Waals surface area contributed by atoms with Gasteiger partial charge in [-0.15, -0.1) is 0 Å². The zero-order valence-corrected chi connectivity index (χ0v) is 10.9. The van der Waals surface area contributed by atoms with Crippen molar-refractivity contribution < 1.29 is 0 Å². The number of benzene rings is 1. The Morgan fingerprint density at radius 1 is 1.25 bits per heavy atom. The molecule has 1 aromatic rings. The average molecular weight is 234 g/mol. The summed E-state index contributed by atoms with van der Waals surface area (Å²) in [5.74, 6) is 0. The van der Waals surface area contributed by atoms with E-state index in [0.29, 0.717) is 11.7 Å². The van der Waals surface area contributed by atoms with Gasteiger partial charge in [0.2, 0.25) is 0 Å². The summed E-state index contributed by atoms with van der Waals surface area (Å²) in [5, 5.41) is 6.88. The third kappa shape index (κ3) is 4.45. The third-order valence-corrected chi connectivity index (χ3v) is 2.28. The van der Waals surface area contributed by atoms with Crippen molar-refractivity contribution in [3.05, 3.63) is 41.5 Å². The molecule has 0 saturated heterocycles. The number of nitrogens with one attached hydrogen (secondary N) is 2. The summed E-state index contributed by atoms with van der Waals surface area (Å²) in [7, 11) is 0.